The Hall–Kier alpha value is -2.88. The summed E-state index contributed by atoms with van der Waals surface area (Å²) < 4.78 is 0. The van der Waals surface area contributed by atoms with Gasteiger partial charge in [0.25, 0.3) is 0 Å². The van der Waals surface area contributed by atoms with E-state index in [1.807, 2.05) is 0 Å². The Bertz CT molecular complexity index is 908. The lowest BCUT2D eigenvalue weighted by molar-refractivity contribution is -0.125. The van der Waals surface area contributed by atoms with Gasteiger partial charge >= 0.3 is 0 Å². The molecule has 0 radical (unpaired) electrons. The molecule has 1 saturated heterocycles. The number of nitrogens with zero attached hydrogens (tertiary/aromatic N) is 1. The van der Waals surface area contributed by atoms with E-state index in [0.29, 0.717) is 12.1 Å². The molecule has 1 heterocycles. The molecule has 0 unspecified atom stereocenters. The highest BCUT2D eigenvalue weighted by atomic mass is 16.2. The number of carbonyl (C=O) groups is 2. The zero-order valence-electron chi connectivity index (χ0n) is 17.5. The summed E-state index contributed by atoms with van der Waals surface area (Å²) in [5.41, 5.74) is 1.36. The summed E-state index contributed by atoms with van der Waals surface area (Å²) in [5.74, 6) is 1.86. The van der Waals surface area contributed by atoms with Crippen molar-refractivity contribution < 1.29 is 9.59 Å². The summed E-state index contributed by atoms with van der Waals surface area (Å²) in [6.07, 6.45) is 7.07. The first kappa shape index (κ1) is 21.8. The van der Waals surface area contributed by atoms with Crippen molar-refractivity contribution in [1.29, 1.82) is 0 Å². The molecule has 0 spiro atoms. The lowest BCUT2D eigenvalue weighted by Gasteiger charge is -2.37. The fourth-order valence-electron chi connectivity index (χ4n) is 3.99. The van der Waals surface area contributed by atoms with Gasteiger partial charge in [0.2, 0.25) is 11.8 Å². The summed E-state index contributed by atoms with van der Waals surface area (Å²) >= 11 is 0. The average Bonchev–Trinajstić information content (AvgIpc) is 2.79. The van der Waals surface area contributed by atoms with Crippen LogP contribution in [0.5, 0.6) is 0 Å². The minimum Gasteiger partial charge on any atom is -0.346 e. The Morgan fingerprint density at radius 1 is 1.07 bits per heavy atom. The number of likely N-dealkylation sites (tertiary alicyclic amines) is 1. The van der Waals surface area contributed by atoms with E-state index >= 15 is 0 Å². The molecule has 1 fully saturated rings. The van der Waals surface area contributed by atoms with Crippen LogP contribution in [0.3, 0.4) is 0 Å². The third kappa shape index (κ3) is 5.82. The van der Waals surface area contributed by atoms with Gasteiger partial charge in [0.05, 0.1) is 19.6 Å². The predicted octanol–water partition coefficient (Wildman–Crippen LogP) is 1.82. The molecule has 0 aromatic heterocycles. The van der Waals surface area contributed by atoms with E-state index in [0.717, 1.165) is 25.9 Å². The Labute approximate surface area is 178 Å². The first-order valence-corrected chi connectivity index (χ1v) is 10.5. The number of nitrogens with one attached hydrogen (secondary N) is 3. The molecule has 0 saturated carbocycles. The van der Waals surface area contributed by atoms with Crippen molar-refractivity contribution in [3.05, 3.63) is 48.0 Å². The SMILES string of the molecule is C#CCNC(=O)CNC(=O)CNC1CCN([C@H](C)c2cccc3ccccc23)CC1. The van der Waals surface area contributed by atoms with Gasteiger partial charge in [0.15, 0.2) is 0 Å². The minimum absolute atomic E-state index is 0.0524. The van der Waals surface area contributed by atoms with Crippen LogP contribution in [-0.2, 0) is 9.59 Å². The van der Waals surface area contributed by atoms with Crippen molar-refractivity contribution in [2.24, 2.45) is 0 Å². The van der Waals surface area contributed by atoms with E-state index in [4.69, 9.17) is 6.42 Å². The van der Waals surface area contributed by atoms with Crippen LogP contribution in [0.25, 0.3) is 10.8 Å². The number of amides is 2. The molecule has 30 heavy (non-hydrogen) atoms. The molecule has 2 aromatic carbocycles. The van der Waals surface area contributed by atoms with Crippen LogP contribution in [-0.4, -0.2) is 55.5 Å². The molecule has 158 valence electrons. The molecule has 1 aliphatic heterocycles. The second kappa shape index (κ2) is 10.8. The normalized spacial score (nSPS) is 16.0. The average molecular weight is 407 g/mol. The van der Waals surface area contributed by atoms with Gasteiger partial charge in [0.1, 0.15) is 0 Å². The molecular weight excluding hydrogens is 376 g/mol. The molecule has 3 N–H and O–H groups in total. The van der Waals surface area contributed by atoms with Crippen molar-refractivity contribution in [1.82, 2.24) is 20.9 Å². The third-order valence-corrected chi connectivity index (χ3v) is 5.74. The zero-order valence-corrected chi connectivity index (χ0v) is 17.5. The standard InChI is InChI=1S/C24H30N4O2/c1-3-13-25-23(29)17-27-24(30)16-26-20-11-14-28(15-12-20)18(2)21-10-6-8-19-7-4-5-9-22(19)21/h1,4-10,18,20,26H,11-17H2,2H3,(H,25,29)(H,27,30)/t18-/m1/s1. The molecule has 6 heteroatoms. The van der Waals surface area contributed by atoms with E-state index in [2.05, 4.69) is 76.2 Å². The quantitative estimate of drug-likeness (QED) is 0.585. The van der Waals surface area contributed by atoms with E-state index in [1.54, 1.807) is 0 Å². The van der Waals surface area contributed by atoms with Crippen LogP contribution in [0.4, 0.5) is 0 Å². The zero-order chi connectivity index (χ0) is 21.3. The maximum Gasteiger partial charge on any atom is 0.240 e. The maximum atomic E-state index is 11.9. The Balaban J connectivity index is 1.43. The summed E-state index contributed by atoms with van der Waals surface area (Å²) in [6.45, 7) is 4.57. The number of hydrogen-bond donors (Lipinski definition) is 3. The van der Waals surface area contributed by atoms with Crippen LogP contribution in [0.1, 0.15) is 31.4 Å². The van der Waals surface area contributed by atoms with Gasteiger partial charge < -0.3 is 16.0 Å². The van der Waals surface area contributed by atoms with Crippen molar-refractivity contribution in [3.8, 4) is 12.3 Å². The van der Waals surface area contributed by atoms with Gasteiger partial charge in [-0.3, -0.25) is 14.5 Å². The van der Waals surface area contributed by atoms with Crippen molar-refractivity contribution >= 4 is 22.6 Å². The van der Waals surface area contributed by atoms with Crippen molar-refractivity contribution in [2.45, 2.75) is 31.8 Å². The molecule has 1 aliphatic rings. The fourth-order valence-corrected chi connectivity index (χ4v) is 3.99. The molecule has 0 aliphatic carbocycles. The second-order valence-corrected chi connectivity index (χ2v) is 7.69. The highest BCUT2D eigenvalue weighted by Crippen LogP contribution is 2.29. The van der Waals surface area contributed by atoms with Gasteiger partial charge in [-0.1, -0.05) is 48.4 Å². The number of fused-ring (bicyclic) bond motifs is 1. The molecule has 6 nitrogen and oxygen atoms in total. The fraction of sp³-hybridized carbons (Fsp3) is 0.417. The lowest BCUT2D eigenvalue weighted by Crippen LogP contribution is -2.47. The van der Waals surface area contributed by atoms with Crippen molar-refractivity contribution in [2.75, 3.05) is 32.7 Å². The second-order valence-electron chi connectivity index (χ2n) is 7.69. The monoisotopic (exact) mass is 406 g/mol. The Kier molecular flexibility index (Phi) is 7.83. The van der Waals surface area contributed by atoms with E-state index in [9.17, 15) is 9.59 Å². The highest BCUT2D eigenvalue weighted by Gasteiger charge is 2.24. The van der Waals surface area contributed by atoms with Gasteiger partial charge in [-0.15, -0.1) is 6.42 Å². The summed E-state index contributed by atoms with van der Waals surface area (Å²) in [4.78, 5) is 25.9. The lowest BCUT2D eigenvalue weighted by atomic mass is 9.96. The molecule has 3 rings (SSSR count). The van der Waals surface area contributed by atoms with E-state index in [-0.39, 0.29) is 31.4 Å². The van der Waals surface area contributed by atoms with Gasteiger partial charge in [-0.05, 0) is 36.1 Å². The number of rotatable bonds is 8. The van der Waals surface area contributed by atoms with Gasteiger partial charge in [0, 0.05) is 25.2 Å². The summed E-state index contributed by atoms with van der Waals surface area (Å²) in [7, 11) is 0. The molecule has 2 aromatic rings. The first-order valence-electron chi connectivity index (χ1n) is 10.5. The van der Waals surface area contributed by atoms with Crippen LogP contribution >= 0.6 is 0 Å². The maximum absolute atomic E-state index is 11.9. The largest absolute Gasteiger partial charge is 0.346 e. The highest BCUT2D eigenvalue weighted by molar-refractivity contribution is 5.86. The van der Waals surface area contributed by atoms with E-state index in [1.165, 1.54) is 16.3 Å². The first-order chi connectivity index (χ1) is 14.6. The third-order valence-electron chi connectivity index (χ3n) is 5.74. The summed E-state index contributed by atoms with van der Waals surface area (Å²) in [5, 5.41) is 11.0. The van der Waals surface area contributed by atoms with Crippen LogP contribution < -0.4 is 16.0 Å². The van der Waals surface area contributed by atoms with Crippen LogP contribution in [0.15, 0.2) is 42.5 Å². The number of terminal acetylenes is 1. The van der Waals surface area contributed by atoms with Crippen LogP contribution in [0.2, 0.25) is 0 Å². The van der Waals surface area contributed by atoms with Gasteiger partial charge in [-0.2, -0.15) is 0 Å². The Morgan fingerprint density at radius 3 is 2.53 bits per heavy atom. The minimum atomic E-state index is -0.281. The van der Waals surface area contributed by atoms with E-state index < -0.39 is 0 Å². The summed E-state index contributed by atoms with van der Waals surface area (Å²) in [6, 6.07) is 15.7. The number of benzene rings is 2. The molecular formula is C24H30N4O2. The topological polar surface area (TPSA) is 73.5 Å². The number of carbonyl (C=O) groups excluding carboxylic acids is 2. The molecule has 0 bridgehead atoms. The Morgan fingerprint density at radius 2 is 1.77 bits per heavy atom. The molecule has 1 atom stereocenters. The van der Waals surface area contributed by atoms with Gasteiger partial charge in [-0.25, -0.2) is 0 Å². The number of piperidine rings is 1. The molecule has 2 amide bonds. The predicted molar refractivity (Wildman–Crippen MR) is 120 cm³/mol. The smallest absolute Gasteiger partial charge is 0.240 e. The van der Waals surface area contributed by atoms with Crippen molar-refractivity contribution in [3.63, 3.8) is 0 Å². The number of hydrogen-bond acceptors (Lipinski definition) is 4. The van der Waals surface area contributed by atoms with Crippen LogP contribution in [0, 0.1) is 12.3 Å².